The van der Waals surface area contributed by atoms with Crippen LogP contribution in [-0.4, -0.2) is 25.5 Å². The van der Waals surface area contributed by atoms with Gasteiger partial charge in [-0.15, -0.1) is 0 Å². The Morgan fingerprint density at radius 1 is 1.15 bits per heavy atom. The van der Waals surface area contributed by atoms with Gasteiger partial charge in [0, 0.05) is 26.6 Å². The first-order chi connectivity index (χ1) is 12.9. The molecule has 1 amide bonds. The van der Waals surface area contributed by atoms with Crippen molar-refractivity contribution in [2.45, 2.75) is 26.8 Å². The average molecular weight is 391 g/mol. The highest BCUT2D eigenvalue weighted by Gasteiger charge is 2.07. The first kappa shape index (κ1) is 20.7. The molecule has 144 valence electrons. The number of rotatable bonds is 6. The second-order valence-corrected chi connectivity index (χ2v) is 6.62. The average Bonchev–Trinajstić information content (AvgIpc) is 2.63. The van der Waals surface area contributed by atoms with E-state index in [-0.39, 0.29) is 18.1 Å². The second-order valence-electron chi connectivity index (χ2n) is 6.22. The van der Waals surface area contributed by atoms with Crippen LogP contribution in [0.25, 0.3) is 0 Å². The Hall–Kier alpha value is -2.60. The lowest BCUT2D eigenvalue weighted by Gasteiger charge is -2.13. The number of anilines is 1. The van der Waals surface area contributed by atoms with Crippen LogP contribution in [0.3, 0.4) is 0 Å². The molecule has 0 bridgehead atoms. The maximum Gasteiger partial charge on any atom is 0.226 e. The molecule has 0 aliphatic rings. The largest absolute Gasteiger partial charge is 0.356 e. The minimum Gasteiger partial charge on any atom is -0.356 e. The number of benzene rings is 2. The quantitative estimate of drug-likeness (QED) is 0.519. The Bertz CT molecular complexity index is 839. The Labute approximate surface area is 164 Å². The van der Waals surface area contributed by atoms with Gasteiger partial charge >= 0.3 is 0 Å². The molecule has 0 fully saturated rings. The third-order valence-electron chi connectivity index (χ3n) is 3.95. The van der Waals surface area contributed by atoms with Gasteiger partial charge in [-0.25, -0.2) is 4.39 Å². The molecule has 7 heteroatoms. The van der Waals surface area contributed by atoms with Gasteiger partial charge in [-0.2, -0.15) is 0 Å². The molecule has 0 unspecified atom stereocenters. The maximum atomic E-state index is 13.3. The Kier molecular flexibility index (Phi) is 7.61. The van der Waals surface area contributed by atoms with Crippen molar-refractivity contribution in [3.05, 3.63) is 63.9 Å². The van der Waals surface area contributed by atoms with Crippen LogP contribution >= 0.6 is 11.6 Å². The second kappa shape index (κ2) is 9.92. The van der Waals surface area contributed by atoms with Crippen molar-refractivity contribution < 1.29 is 9.18 Å². The monoisotopic (exact) mass is 390 g/mol. The molecule has 5 nitrogen and oxygen atoms in total. The van der Waals surface area contributed by atoms with E-state index in [0.717, 1.165) is 11.1 Å². The summed E-state index contributed by atoms with van der Waals surface area (Å²) in [5.41, 5.74) is 3.18. The lowest BCUT2D eigenvalue weighted by atomic mass is 10.1. The number of carbonyl (C=O) groups excluding carboxylic acids is 1. The van der Waals surface area contributed by atoms with Crippen molar-refractivity contribution in [2.24, 2.45) is 4.99 Å². The minimum atomic E-state index is -0.221. The number of hydrogen-bond donors (Lipinski definition) is 3. The fraction of sp³-hybridized carbons (Fsp3) is 0.300. The van der Waals surface area contributed by atoms with Crippen molar-refractivity contribution in [3.63, 3.8) is 0 Å². The van der Waals surface area contributed by atoms with Gasteiger partial charge in [0.05, 0.1) is 10.7 Å². The number of aliphatic imine (C=N–C) groups is 1. The zero-order chi connectivity index (χ0) is 19.8. The van der Waals surface area contributed by atoms with Crippen LogP contribution in [0.2, 0.25) is 5.02 Å². The zero-order valence-electron chi connectivity index (χ0n) is 15.7. The molecule has 27 heavy (non-hydrogen) atoms. The number of hydrogen-bond acceptors (Lipinski definition) is 2. The molecule has 0 aromatic heterocycles. The molecule has 0 radical (unpaired) electrons. The van der Waals surface area contributed by atoms with Gasteiger partial charge in [0.2, 0.25) is 5.91 Å². The summed E-state index contributed by atoms with van der Waals surface area (Å²) in [6, 6.07) is 10.4. The number of amides is 1. The Morgan fingerprint density at radius 3 is 2.59 bits per heavy atom. The van der Waals surface area contributed by atoms with Gasteiger partial charge in [0.1, 0.15) is 5.82 Å². The van der Waals surface area contributed by atoms with Crippen LogP contribution in [-0.2, 0) is 11.3 Å². The fourth-order valence-electron chi connectivity index (χ4n) is 2.45. The standard InChI is InChI=1S/C20H24ClFN4O/c1-13-4-7-18(16(21)10-13)26-19(27)8-9-24-20(23-3)25-12-15-5-6-17(22)14(2)11-15/h4-7,10-11H,8-9,12H2,1-3H3,(H,26,27)(H2,23,24,25). The van der Waals surface area contributed by atoms with Gasteiger partial charge in [-0.05, 0) is 48.7 Å². The van der Waals surface area contributed by atoms with Gasteiger partial charge in [-0.3, -0.25) is 9.79 Å². The van der Waals surface area contributed by atoms with Crippen LogP contribution in [0, 0.1) is 19.7 Å². The number of carbonyl (C=O) groups is 1. The molecule has 0 spiro atoms. The normalized spacial score (nSPS) is 11.2. The molecular weight excluding hydrogens is 367 g/mol. The van der Waals surface area contributed by atoms with Gasteiger partial charge < -0.3 is 16.0 Å². The third-order valence-corrected chi connectivity index (χ3v) is 4.26. The fourth-order valence-corrected chi connectivity index (χ4v) is 2.73. The van der Waals surface area contributed by atoms with Crippen molar-refractivity contribution in [3.8, 4) is 0 Å². The van der Waals surface area contributed by atoms with Gasteiger partial charge in [0.25, 0.3) is 0 Å². The van der Waals surface area contributed by atoms with E-state index >= 15 is 0 Å². The minimum absolute atomic E-state index is 0.141. The topological polar surface area (TPSA) is 65.5 Å². The van der Waals surface area contributed by atoms with Crippen LogP contribution in [0.15, 0.2) is 41.4 Å². The predicted molar refractivity (Wildman–Crippen MR) is 109 cm³/mol. The van der Waals surface area contributed by atoms with Crippen LogP contribution in [0.5, 0.6) is 0 Å². The summed E-state index contributed by atoms with van der Waals surface area (Å²) in [4.78, 5) is 16.2. The number of guanidine groups is 1. The van der Waals surface area contributed by atoms with E-state index < -0.39 is 0 Å². The number of nitrogens with one attached hydrogen (secondary N) is 3. The SMILES string of the molecule is CN=C(NCCC(=O)Nc1ccc(C)cc1Cl)NCc1ccc(F)c(C)c1. The van der Waals surface area contributed by atoms with Crippen LogP contribution in [0.1, 0.15) is 23.1 Å². The molecule has 2 aromatic rings. The van der Waals surface area contributed by atoms with Crippen molar-refractivity contribution in [2.75, 3.05) is 18.9 Å². The van der Waals surface area contributed by atoms with E-state index in [1.54, 1.807) is 38.2 Å². The third kappa shape index (κ3) is 6.57. The van der Waals surface area contributed by atoms with Crippen LogP contribution in [0.4, 0.5) is 10.1 Å². The summed E-state index contributed by atoms with van der Waals surface area (Å²) in [5.74, 6) is 0.206. The predicted octanol–water partition coefficient (Wildman–Crippen LogP) is 3.79. The molecule has 0 atom stereocenters. The van der Waals surface area contributed by atoms with Gasteiger partial charge in [-0.1, -0.05) is 29.8 Å². The van der Waals surface area contributed by atoms with E-state index in [4.69, 9.17) is 11.6 Å². The molecular formula is C20H24ClFN4O. The number of nitrogens with zero attached hydrogens (tertiary/aromatic N) is 1. The number of aryl methyl sites for hydroxylation is 2. The smallest absolute Gasteiger partial charge is 0.226 e. The molecule has 2 rings (SSSR count). The first-order valence-electron chi connectivity index (χ1n) is 8.64. The Balaban J connectivity index is 1.76. The molecule has 3 N–H and O–H groups in total. The van der Waals surface area contributed by atoms with Crippen LogP contribution < -0.4 is 16.0 Å². The Morgan fingerprint density at radius 2 is 1.93 bits per heavy atom. The first-order valence-corrected chi connectivity index (χ1v) is 9.02. The lowest BCUT2D eigenvalue weighted by Crippen LogP contribution is -2.38. The summed E-state index contributed by atoms with van der Waals surface area (Å²) in [6.45, 7) is 4.58. The van der Waals surface area contributed by atoms with E-state index in [2.05, 4.69) is 20.9 Å². The molecule has 2 aromatic carbocycles. The highest BCUT2D eigenvalue weighted by Crippen LogP contribution is 2.22. The van der Waals surface area contributed by atoms with Crippen molar-refractivity contribution in [1.82, 2.24) is 10.6 Å². The molecule has 0 saturated carbocycles. The molecule has 0 heterocycles. The van der Waals surface area contributed by atoms with Gasteiger partial charge in [0.15, 0.2) is 5.96 Å². The molecule has 0 aliphatic heterocycles. The van der Waals surface area contributed by atoms with E-state index in [1.165, 1.54) is 6.07 Å². The summed E-state index contributed by atoms with van der Waals surface area (Å²) in [5, 5.41) is 9.52. The zero-order valence-corrected chi connectivity index (χ0v) is 16.5. The van der Waals surface area contributed by atoms with Crippen molar-refractivity contribution >= 4 is 29.2 Å². The summed E-state index contributed by atoms with van der Waals surface area (Å²) in [7, 11) is 1.65. The van der Waals surface area contributed by atoms with E-state index in [1.807, 2.05) is 13.0 Å². The maximum absolute atomic E-state index is 13.3. The van der Waals surface area contributed by atoms with Crippen molar-refractivity contribution in [1.29, 1.82) is 0 Å². The number of halogens is 2. The lowest BCUT2D eigenvalue weighted by molar-refractivity contribution is -0.116. The highest BCUT2D eigenvalue weighted by molar-refractivity contribution is 6.33. The van der Waals surface area contributed by atoms with E-state index in [9.17, 15) is 9.18 Å². The highest BCUT2D eigenvalue weighted by atomic mass is 35.5. The summed E-state index contributed by atoms with van der Waals surface area (Å²) >= 11 is 6.12. The molecule has 0 aliphatic carbocycles. The van der Waals surface area contributed by atoms with E-state index in [0.29, 0.717) is 35.3 Å². The summed E-state index contributed by atoms with van der Waals surface area (Å²) in [6.07, 6.45) is 0.264. The summed E-state index contributed by atoms with van der Waals surface area (Å²) < 4.78 is 13.3. The molecule has 0 saturated heterocycles.